The molecule has 2 N–H and O–H groups in total. The monoisotopic (exact) mass is 250 g/mol. The van der Waals surface area contributed by atoms with E-state index in [1.54, 1.807) is 0 Å². The van der Waals surface area contributed by atoms with Gasteiger partial charge in [-0.05, 0) is 56.3 Å². The largest absolute Gasteiger partial charge is 0.399 e. The first kappa shape index (κ1) is 12.8. The molecular weight excluding hydrogens is 228 g/mol. The van der Waals surface area contributed by atoms with E-state index < -0.39 is 0 Å². The van der Waals surface area contributed by atoms with Crippen LogP contribution in [0, 0.1) is 0 Å². The maximum absolute atomic E-state index is 5.78. The van der Waals surface area contributed by atoms with Crippen molar-refractivity contribution in [3.63, 3.8) is 0 Å². The summed E-state index contributed by atoms with van der Waals surface area (Å²) in [5.74, 6) is 2.65. The summed E-state index contributed by atoms with van der Waals surface area (Å²) < 4.78 is 0. The minimum atomic E-state index is 0.806. The Labute approximate surface area is 109 Å². The van der Waals surface area contributed by atoms with E-state index >= 15 is 0 Å². The molecule has 1 aliphatic heterocycles. The van der Waals surface area contributed by atoms with Crippen LogP contribution in [0.2, 0.25) is 0 Å². The molecule has 1 aromatic rings. The number of nitrogen functional groups attached to an aromatic ring is 1. The first-order chi connectivity index (χ1) is 8.25. The Hall–Kier alpha value is -0.670. The van der Waals surface area contributed by atoms with E-state index in [0.29, 0.717) is 0 Å². The number of nitrogens with two attached hydrogens (primary N) is 1. The van der Waals surface area contributed by atoms with Gasteiger partial charge >= 0.3 is 0 Å². The highest BCUT2D eigenvalue weighted by Gasteiger charge is 2.19. The van der Waals surface area contributed by atoms with Crippen molar-refractivity contribution in [3.8, 4) is 0 Å². The van der Waals surface area contributed by atoms with Crippen LogP contribution >= 0.6 is 11.8 Å². The summed E-state index contributed by atoms with van der Waals surface area (Å²) in [7, 11) is 2.26. The zero-order valence-electron chi connectivity index (χ0n) is 10.6. The van der Waals surface area contributed by atoms with Crippen molar-refractivity contribution in [2.45, 2.75) is 25.3 Å². The predicted octanol–water partition coefficient (Wildman–Crippen LogP) is 2.64. The minimum Gasteiger partial charge on any atom is -0.399 e. The fourth-order valence-electron chi connectivity index (χ4n) is 2.33. The Morgan fingerprint density at radius 1 is 1.47 bits per heavy atom. The lowest BCUT2D eigenvalue weighted by molar-refractivity contribution is 0.259. The molecule has 1 heterocycles. The van der Waals surface area contributed by atoms with Gasteiger partial charge in [0.2, 0.25) is 0 Å². The lowest BCUT2D eigenvalue weighted by atomic mass is 10.1. The number of nitrogens with zero attached hydrogens (tertiary/aromatic N) is 1. The zero-order chi connectivity index (χ0) is 12.1. The molecule has 1 atom stereocenters. The Bertz CT molecular complexity index is 348. The summed E-state index contributed by atoms with van der Waals surface area (Å²) in [4.78, 5) is 2.52. The Morgan fingerprint density at radius 2 is 2.35 bits per heavy atom. The van der Waals surface area contributed by atoms with E-state index in [0.717, 1.165) is 18.2 Å². The van der Waals surface area contributed by atoms with Crippen LogP contribution in [0.4, 0.5) is 5.69 Å². The summed E-state index contributed by atoms with van der Waals surface area (Å²) in [6, 6.07) is 9.06. The molecule has 0 aromatic heterocycles. The van der Waals surface area contributed by atoms with E-state index in [-0.39, 0.29) is 0 Å². The number of rotatable bonds is 5. The predicted molar refractivity (Wildman–Crippen MR) is 77.5 cm³/mol. The smallest absolute Gasteiger partial charge is 0.0316 e. The maximum atomic E-state index is 5.78. The quantitative estimate of drug-likeness (QED) is 0.815. The third kappa shape index (κ3) is 3.93. The van der Waals surface area contributed by atoms with E-state index in [9.17, 15) is 0 Å². The molecule has 0 amide bonds. The van der Waals surface area contributed by atoms with Crippen molar-refractivity contribution < 1.29 is 0 Å². The molecule has 94 valence electrons. The van der Waals surface area contributed by atoms with Crippen LogP contribution in [0.1, 0.15) is 18.4 Å². The molecular formula is C14H22N2S. The standard InChI is InChI=1S/C14H22N2S/c1-16(14-7-9-17-11-14)8-3-5-12-4-2-6-13(15)10-12/h2,4,6,10,14H,3,5,7-9,11,15H2,1H3. The van der Waals surface area contributed by atoms with Gasteiger partial charge < -0.3 is 10.6 Å². The van der Waals surface area contributed by atoms with Gasteiger partial charge in [-0.2, -0.15) is 11.8 Å². The number of anilines is 1. The lowest BCUT2D eigenvalue weighted by Gasteiger charge is -2.23. The molecule has 0 bridgehead atoms. The topological polar surface area (TPSA) is 29.3 Å². The molecule has 1 aromatic carbocycles. The fraction of sp³-hybridized carbons (Fsp3) is 0.571. The zero-order valence-corrected chi connectivity index (χ0v) is 11.4. The third-order valence-corrected chi connectivity index (χ3v) is 4.60. The number of benzene rings is 1. The highest BCUT2D eigenvalue weighted by molar-refractivity contribution is 7.99. The molecule has 3 heteroatoms. The maximum Gasteiger partial charge on any atom is 0.0316 e. The highest BCUT2D eigenvalue weighted by atomic mass is 32.2. The molecule has 0 spiro atoms. The van der Waals surface area contributed by atoms with Crippen LogP contribution in [0.25, 0.3) is 0 Å². The first-order valence-electron chi connectivity index (χ1n) is 6.38. The second-order valence-electron chi connectivity index (χ2n) is 4.85. The second kappa shape index (κ2) is 6.31. The van der Waals surface area contributed by atoms with Gasteiger partial charge in [-0.15, -0.1) is 0 Å². The summed E-state index contributed by atoms with van der Waals surface area (Å²) in [5, 5.41) is 0. The van der Waals surface area contributed by atoms with Gasteiger partial charge in [-0.25, -0.2) is 0 Å². The molecule has 1 saturated heterocycles. The average molecular weight is 250 g/mol. The van der Waals surface area contributed by atoms with E-state index in [1.807, 2.05) is 12.1 Å². The Balaban J connectivity index is 1.71. The summed E-state index contributed by atoms with van der Waals surface area (Å²) in [6.45, 7) is 1.19. The van der Waals surface area contributed by atoms with Crippen molar-refractivity contribution in [1.82, 2.24) is 4.90 Å². The third-order valence-electron chi connectivity index (χ3n) is 3.46. The number of thioether (sulfide) groups is 1. The molecule has 0 saturated carbocycles. The van der Waals surface area contributed by atoms with E-state index in [4.69, 9.17) is 5.73 Å². The van der Waals surface area contributed by atoms with Gasteiger partial charge in [-0.1, -0.05) is 12.1 Å². The Kier molecular flexibility index (Phi) is 4.75. The average Bonchev–Trinajstić information content (AvgIpc) is 2.82. The van der Waals surface area contributed by atoms with E-state index in [1.165, 1.54) is 36.5 Å². The van der Waals surface area contributed by atoms with Gasteiger partial charge in [-0.3, -0.25) is 0 Å². The van der Waals surface area contributed by atoms with Crippen LogP contribution in [0.5, 0.6) is 0 Å². The number of aryl methyl sites for hydroxylation is 1. The first-order valence-corrected chi connectivity index (χ1v) is 7.53. The normalized spacial score (nSPS) is 20.0. The lowest BCUT2D eigenvalue weighted by Crippen LogP contribution is -2.32. The van der Waals surface area contributed by atoms with Crippen LogP contribution in [0.3, 0.4) is 0 Å². The molecule has 1 aliphatic rings. The SMILES string of the molecule is CN(CCCc1cccc(N)c1)C1CCSC1. The molecule has 2 rings (SSSR count). The van der Waals surface area contributed by atoms with Crippen molar-refractivity contribution in [2.24, 2.45) is 0 Å². The van der Waals surface area contributed by atoms with Gasteiger partial charge in [0.05, 0.1) is 0 Å². The second-order valence-corrected chi connectivity index (χ2v) is 6.00. The van der Waals surface area contributed by atoms with Crippen molar-refractivity contribution in [3.05, 3.63) is 29.8 Å². The number of hydrogen-bond acceptors (Lipinski definition) is 3. The van der Waals surface area contributed by atoms with Crippen LogP contribution in [-0.4, -0.2) is 36.0 Å². The molecule has 1 unspecified atom stereocenters. The van der Waals surface area contributed by atoms with Crippen LogP contribution in [0.15, 0.2) is 24.3 Å². The van der Waals surface area contributed by atoms with Crippen LogP contribution < -0.4 is 5.73 Å². The highest BCUT2D eigenvalue weighted by Crippen LogP contribution is 2.21. The number of hydrogen-bond donors (Lipinski definition) is 1. The summed E-state index contributed by atoms with van der Waals surface area (Å²) in [5.41, 5.74) is 8.01. The van der Waals surface area contributed by atoms with Crippen molar-refractivity contribution in [2.75, 3.05) is 30.8 Å². The Morgan fingerprint density at radius 3 is 3.06 bits per heavy atom. The fourth-order valence-corrected chi connectivity index (χ4v) is 3.63. The molecule has 17 heavy (non-hydrogen) atoms. The van der Waals surface area contributed by atoms with Gasteiger partial charge in [0.1, 0.15) is 0 Å². The van der Waals surface area contributed by atoms with Gasteiger partial charge in [0.25, 0.3) is 0 Å². The molecule has 0 aliphatic carbocycles. The molecule has 0 radical (unpaired) electrons. The van der Waals surface area contributed by atoms with Gasteiger partial charge in [0.15, 0.2) is 0 Å². The van der Waals surface area contributed by atoms with Crippen LogP contribution in [-0.2, 0) is 6.42 Å². The minimum absolute atomic E-state index is 0.806. The van der Waals surface area contributed by atoms with E-state index in [2.05, 4.69) is 35.8 Å². The summed E-state index contributed by atoms with van der Waals surface area (Å²) >= 11 is 2.08. The van der Waals surface area contributed by atoms with Crippen molar-refractivity contribution in [1.29, 1.82) is 0 Å². The van der Waals surface area contributed by atoms with Crippen molar-refractivity contribution >= 4 is 17.4 Å². The van der Waals surface area contributed by atoms with Gasteiger partial charge in [0, 0.05) is 17.5 Å². The molecule has 2 nitrogen and oxygen atoms in total. The summed E-state index contributed by atoms with van der Waals surface area (Å²) in [6.07, 6.45) is 3.72. The molecule has 1 fully saturated rings.